The van der Waals surface area contributed by atoms with Gasteiger partial charge >= 0.3 is 0 Å². The van der Waals surface area contributed by atoms with Crippen molar-refractivity contribution in [3.63, 3.8) is 0 Å². The number of nitrogen functional groups attached to an aromatic ring is 1. The van der Waals surface area contributed by atoms with Crippen LogP contribution in [-0.2, 0) is 5.75 Å². The summed E-state index contributed by atoms with van der Waals surface area (Å²) in [7, 11) is 0. The van der Waals surface area contributed by atoms with Gasteiger partial charge in [0, 0.05) is 28.3 Å². The van der Waals surface area contributed by atoms with Gasteiger partial charge in [-0.1, -0.05) is 35.5 Å². The number of hydrogen-bond acceptors (Lipinski definition) is 10. The number of oxazole rings is 1. The van der Waals surface area contributed by atoms with Crippen molar-refractivity contribution in [1.82, 2.24) is 9.97 Å². The van der Waals surface area contributed by atoms with Crippen LogP contribution < -0.4 is 10.5 Å². The van der Waals surface area contributed by atoms with E-state index in [1.54, 1.807) is 48.5 Å². The maximum atomic E-state index is 10.00. The van der Waals surface area contributed by atoms with Crippen molar-refractivity contribution < 1.29 is 19.4 Å². The Kier molecular flexibility index (Phi) is 8.29. The highest BCUT2D eigenvalue weighted by Crippen LogP contribution is 2.37. The van der Waals surface area contributed by atoms with Gasteiger partial charge in [0.1, 0.15) is 40.6 Å². The van der Waals surface area contributed by atoms with E-state index < -0.39 is 6.29 Å². The van der Waals surface area contributed by atoms with E-state index in [9.17, 15) is 10.5 Å². The molecule has 0 bridgehead atoms. The number of thioether (sulfide) groups is 1. The molecule has 0 aliphatic carbocycles. The number of ether oxygens (including phenoxy) is 1. The molecule has 2 heterocycles. The van der Waals surface area contributed by atoms with Crippen molar-refractivity contribution in [3.05, 3.63) is 76.6 Å². The highest BCUT2D eigenvalue weighted by atomic mass is 35.5. The van der Waals surface area contributed by atoms with Gasteiger partial charge in [0.05, 0.1) is 17.9 Å². The molecule has 9 nitrogen and oxygen atoms in total. The number of benzene rings is 2. The second-order valence-corrected chi connectivity index (χ2v) is 9.13. The minimum Gasteiger partial charge on any atom is -0.493 e. The van der Waals surface area contributed by atoms with Crippen LogP contribution in [0.4, 0.5) is 5.82 Å². The highest BCUT2D eigenvalue weighted by Gasteiger charge is 2.21. The number of anilines is 1. The van der Waals surface area contributed by atoms with Gasteiger partial charge in [-0.25, -0.2) is 9.97 Å². The van der Waals surface area contributed by atoms with Crippen molar-refractivity contribution in [1.29, 1.82) is 10.5 Å². The number of nitrogens with two attached hydrogens (primary N) is 1. The van der Waals surface area contributed by atoms with Crippen molar-refractivity contribution >= 4 is 29.2 Å². The Morgan fingerprint density at radius 3 is 2.32 bits per heavy atom. The molecule has 0 amide bonds. The molecule has 11 heteroatoms. The van der Waals surface area contributed by atoms with E-state index in [1.807, 2.05) is 0 Å². The molecule has 0 unspecified atom stereocenters. The molecule has 186 valence electrons. The first-order chi connectivity index (χ1) is 17.9. The van der Waals surface area contributed by atoms with Crippen molar-refractivity contribution in [3.8, 4) is 40.5 Å². The molecule has 0 radical (unpaired) electrons. The maximum absolute atomic E-state index is 10.00. The van der Waals surface area contributed by atoms with E-state index in [2.05, 4.69) is 22.1 Å². The number of nitriles is 2. The van der Waals surface area contributed by atoms with E-state index in [0.717, 1.165) is 5.56 Å². The number of hydrogen-bond donors (Lipinski definition) is 3. The SMILES string of the molecule is N#Cc1c(N)nc(SCc2coc(-c3ccc(Cl)cc3)n2)c(C#N)c1-c1ccc(OCCC(O)O)cc1. The van der Waals surface area contributed by atoms with Gasteiger partial charge in [0.15, 0.2) is 6.29 Å². The Hall–Kier alpha value is -4.06. The van der Waals surface area contributed by atoms with Gasteiger partial charge in [0.2, 0.25) is 5.89 Å². The van der Waals surface area contributed by atoms with Crippen LogP contribution in [0.25, 0.3) is 22.6 Å². The van der Waals surface area contributed by atoms with Gasteiger partial charge in [-0.3, -0.25) is 0 Å². The summed E-state index contributed by atoms with van der Waals surface area (Å²) < 4.78 is 11.1. The first-order valence-electron chi connectivity index (χ1n) is 11.0. The first-order valence-corrected chi connectivity index (χ1v) is 12.3. The maximum Gasteiger partial charge on any atom is 0.226 e. The van der Waals surface area contributed by atoms with Gasteiger partial charge in [-0.2, -0.15) is 10.5 Å². The van der Waals surface area contributed by atoms with Gasteiger partial charge in [0.25, 0.3) is 0 Å². The lowest BCUT2D eigenvalue weighted by molar-refractivity contribution is -0.0519. The third kappa shape index (κ3) is 6.20. The van der Waals surface area contributed by atoms with Crippen LogP contribution in [0.1, 0.15) is 23.2 Å². The molecule has 37 heavy (non-hydrogen) atoms. The van der Waals surface area contributed by atoms with Crippen molar-refractivity contribution in [2.75, 3.05) is 12.3 Å². The van der Waals surface area contributed by atoms with E-state index >= 15 is 0 Å². The number of aliphatic hydroxyl groups is 2. The topological polar surface area (TPSA) is 162 Å². The average Bonchev–Trinajstić information content (AvgIpc) is 3.37. The fourth-order valence-electron chi connectivity index (χ4n) is 3.43. The molecule has 0 fully saturated rings. The molecule has 0 saturated heterocycles. The van der Waals surface area contributed by atoms with E-state index in [-0.39, 0.29) is 30.0 Å². The zero-order valence-corrected chi connectivity index (χ0v) is 20.8. The summed E-state index contributed by atoms with van der Waals surface area (Å²) in [6, 6.07) is 18.1. The first kappa shape index (κ1) is 26.0. The van der Waals surface area contributed by atoms with Gasteiger partial charge in [-0.05, 0) is 42.0 Å². The van der Waals surface area contributed by atoms with Crippen LogP contribution in [0.15, 0.2) is 64.2 Å². The van der Waals surface area contributed by atoms with Gasteiger partial charge in [-0.15, -0.1) is 0 Å². The molecule has 4 rings (SSSR count). The van der Waals surface area contributed by atoms with Crippen molar-refractivity contribution in [2.45, 2.75) is 23.5 Å². The van der Waals surface area contributed by atoms with Crippen LogP contribution in [0.3, 0.4) is 0 Å². The molecule has 0 atom stereocenters. The number of halogens is 1. The Morgan fingerprint density at radius 1 is 1.00 bits per heavy atom. The third-order valence-electron chi connectivity index (χ3n) is 5.20. The van der Waals surface area contributed by atoms with Crippen LogP contribution in [0.5, 0.6) is 5.75 Å². The molecular formula is C26H20ClN5O4S. The van der Waals surface area contributed by atoms with Crippen LogP contribution in [-0.4, -0.2) is 33.1 Å². The zero-order chi connectivity index (χ0) is 26.4. The monoisotopic (exact) mass is 533 g/mol. The normalized spacial score (nSPS) is 10.8. The second kappa shape index (κ2) is 11.8. The van der Waals surface area contributed by atoms with Crippen LogP contribution in [0, 0.1) is 22.7 Å². The quantitative estimate of drug-likeness (QED) is 0.202. The summed E-state index contributed by atoms with van der Waals surface area (Å²) in [5.41, 5.74) is 8.80. The molecule has 0 saturated carbocycles. The Balaban J connectivity index is 1.59. The molecule has 0 aliphatic rings. The third-order valence-corrected chi connectivity index (χ3v) is 6.46. The van der Waals surface area contributed by atoms with E-state index in [0.29, 0.717) is 44.3 Å². The summed E-state index contributed by atoms with van der Waals surface area (Å²) in [4.78, 5) is 8.81. The number of aromatic nitrogens is 2. The van der Waals surface area contributed by atoms with Crippen LogP contribution in [0.2, 0.25) is 5.02 Å². The Labute approximate surface area is 221 Å². The standard InChI is InChI=1S/C26H20ClN5O4S/c27-17-5-1-16(2-6-17)25-31-18(13-36-25)14-37-26-21(12-29)23(20(11-28)24(30)32-26)15-3-7-19(8-4-15)35-10-9-22(33)34/h1-8,13,22,33-34H,9-10,14H2,(H2,30,32). The lowest BCUT2D eigenvalue weighted by Crippen LogP contribution is -2.10. The second-order valence-electron chi connectivity index (χ2n) is 7.73. The Bertz CT molecular complexity index is 1480. The highest BCUT2D eigenvalue weighted by molar-refractivity contribution is 7.98. The summed E-state index contributed by atoms with van der Waals surface area (Å²) in [5, 5.41) is 38.6. The largest absolute Gasteiger partial charge is 0.493 e. The number of nitrogens with zero attached hydrogens (tertiary/aromatic N) is 4. The zero-order valence-electron chi connectivity index (χ0n) is 19.3. The minimum absolute atomic E-state index is 0.0123. The molecule has 4 aromatic rings. The summed E-state index contributed by atoms with van der Waals surface area (Å²) in [6.07, 6.45) is 0.144. The van der Waals surface area contributed by atoms with E-state index in [4.69, 9.17) is 36.7 Å². The predicted molar refractivity (Wildman–Crippen MR) is 138 cm³/mol. The number of aliphatic hydroxyl groups excluding tert-OH is 1. The summed E-state index contributed by atoms with van der Waals surface area (Å²) in [6.45, 7) is 0.120. The molecular weight excluding hydrogens is 514 g/mol. The molecule has 2 aromatic heterocycles. The fourth-order valence-corrected chi connectivity index (χ4v) is 4.43. The molecule has 4 N–H and O–H groups in total. The Morgan fingerprint density at radius 2 is 1.68 bits per heavy atom. The van der Waals surface area contributed by atoms with Crippen LogP contribution >= 0.6 is 23.4 Å². The number of rotatable bonds is 9. The lowest BCUT2D eigenvalue weighted by atomic mass is 9.97. The molecule has 2 aromatic carbocycles. The predicted octanol–water partition coefficient (Wildman–Crippen LogP) is 4.75. The summed E-state index contributed by atoms with van der Waals surface area (Å²) >= 11 is 7.20. The molecule has 0 spiro atoms. The average molecular weight is 534 g/mol. The number of pyridine rings is 1. The lowest BCUT2D eigenvalue weighted by Gasteiger charge is -2.13. The van der Waals surface area contributed by atoms with Gasteiger partial charge < -0.3 is 25.1 Å². The minimum atomic E-state index is -1.45. The molecule has 0 aliphatic heterocycles. The fraction of sp³-hybridized carbons (Fsp3) is 0.154. The van der Waals surface area contributed by atoms with E-state index in [1.165, 1.54) is 18.0 Å². The summed E-state index contributed by atoms with van der Waals surface area (Å²) in [5.74, 6) is 1.31. The smallest absolute Gasteiger partial charge is 0.226 e. The van der Waals surface area contributed by atoms with Crippen molar-refractivity contribution in [2.24, 2.45) is 0 Å².